The van der Waals surface area contributed by atoms with E-state index in [4.69, 9.17) is 16.0 Å². The SMILES string of the molecule is Clc1ccccc1-c1nnc(CSc2nc3ncccn3n2)o1. The number of hydrogen-bond donors (Lipinski definition) is 0. The predicted octanol–water partition coefficient (Wildman–Crippen LogP) is 3.12. The van der Waals surface area contributed by atoms with E-state index in [0.29, 0.717) is 39.1 Å². The van der Waals surface area contributed by atoms with Crippen molar-refractivity contribution in [3.63, 3.8) is 0 Å². The third-order valence-corrected chi connectivity index (χ3v) is 4.15. The molecular weight excluding hydrogens is 336 g/mol. The van der Waals surface area contributed by atoms with Crippen LogP contribution < -0.4 is 0 Å². The van der Waals surface area contributed by atoms with E-state index in [1.807, 2.05) is 18.2 Å². The minimum Gasteiger partial charge on any atom is -0.420 e. The number of nitrogens with zero attached hydrogens (tertiary/aromatic N) is 6. The quantitative estimate of drug-likeness (QED) is 0.526. The summed E-state index contributed by atoms with van der Waals surface area (Å²) in [6.07, 6.45) is 3.47. The largest absolute Gasteiger partial charge is 0.420 e. The van der Waals surface area contributed by atoms with Gasteiger partial charge in [-0.25, -0.2) is 9.50 Å². The van der Waals surface area contributed by atoms with Gasteiger partial charge in [0.2, 0.25) is 16.9 Å². The first-order valence-electron chi connectivity index (χ1n) is 6.67. The van der Waals surface area contributed by atoms with Crippen LogP contribution in [0, 0.1) is 0 Å². The highest BCUT2D eigenvalue weighted by atomic mass is 35.5. The number of benzene rings is 1. The molecule has 7 nitrogen and oxygen atoms in total. The van der Waals surface area contributed by atoms with E-state index in [2.05, 4.69) is 25.3 Å². The van der Waals surface area contributed by atoms with Gasteiger partial charge in [0.1, 0.15) is 0 Å². The number of hydrogen-bond acceptors (Lipinski definition) is 7. The molecule has 9 heteroatoms. The van der Waals surface area contributed by atoms with Crippen LogP contribution in [0.5, 0.6) is 0 Å². The number of fused-ring (bicyclic) bond motifs is 1. The van der Waals surface area contributed by atoms with Crippen molar-refractivity contribution in [3.05, 3.63) is 53.6 Å². The maximum absolute atomic E-state index is 6.12. The maximum Gasteiger partial charge on any atom is 0.253 e. The molecule has 3 heterocycles. The normalized spacial score (nSPS) is 11.2. The Morgan fingerprint density at radius 2 is 2.09 bits per heavy atom. The zero-order valence-electron chi connectivity index (χ0n) is 11.6. The second-order valence-corrected chi connectivity index (χ2v) is 5.88. The van der Waals surface area contributed by atoms with E-state index in [-0.39, 0.29) is 0 Å². The molecule has 0 radical (unpaired) electrons. The second kappa shape index (κ2) is 5.98. The van der Waals surface area contributed by atoms with Crippen molar-refractivity contribution in [2.45, 2.75) is 10.9 Å². The van der Waals surface area contributed by atoms with Crippen LogP contribution in [-0.2, 0) is 5.75 Å². The lowest BCUT2D eigenvalue weighted by molar-refractivity contribution is 0.528. The fourth-order valence-electron chi connectivity index (χ4n) is 1.96. The average Bonchev–Trinajstić information content (AvgIpc) is 3.19. The molecule has 0 aliphatic heterocycles. The van der Waals surface area contributed by atoms with Gasteiger partial charge in [-0.1, -0.05) is 35.5 Å². The van der Waals surface area contributed by atoms with Crippen molar-refractivity contribution >= 4 is 29.1 Å². The van der Waals surface area contributed by atoms with Crippen LogP contribution in [0.1, 0.15) is 5.89 Å². The lowest BCUT2D eigenvalue weighted by Crippen LogP contribution is -1.87. The Morgan fingerprint density at radius 3 is 2.96 bits per heavy atom. The molecule has 0 aliphatic rings. The molecule has 0 unspecified atom stereocenters. The number of aromatic nitrogens is 6. The first-order valence-corrected chi connectivity index (χ1v) is 8.03. The summed E-state index contributed by atoms with van der Waals surface area (Å²) in [5.41, 5.74) is 0.716. The number of rotatable bonds is 4. The standard InChI is InChI=1S/C14H9ClN6OS/c15-10-5-2-1-4-9(10)12-19-18-11(22-12)8-23-14-17-13-16-6-3-7-21(13)20-14/h1-7H,8H2. The Labute approximate surface area is 139 Å². The summed E-state index contributed by atoms with van der Waals surface area (Å²) in [7, 11) is 0. The molecule has 0 saturated heterocycles. The Bertz CT molecular complexity index is 935. The Balaban J connectivity index is 1.51. The molecule has 4 aromatic rings. The molecule has 0 aliphatic carbocycles. The number of thioether (sulfide) groups is 1. The fourth-order valence-corrected chi connectivity index (χ4v) is 2.83. The zero-order chi connectivity index (χ0) is 15.6. The van der Waals surface area contributed by atoms with E-state index in [1.165, 1.54) is 11.8 Å². The van der Waals surface area contributed by atoms with Crippen molar-refractivity contribution in [2.75, 3.05) is 0 Å². The van der Waals surface area contributed by atoms with Crippen LogP contribution in [0.2, 0.25) is 5.02 Å². The van der Waals surface area contributed by atoms with E-state index in [9.17, 15) is 0 Å². The summed E-state index contributed by atoms with van der Waals surface area (Å²) >= 11 is 7.52. The summed E-state index contributed by atoms with van der Waals surface area (Å²) in [4.78, 5) is 8.42. The van der Waals surface area contributed by atoms with Gasteiger partial charge < -0.3 is 4.42 Å². The summed E-state index contributed by atoms with van der Waals surface area (Å²) in [6, 6.07) is 9.13. The first kappa shape index (κ1) is 14.2. The van der Waals surface area contributed by atoms with Crippen LogP contribution in [0.25, 0.3) is 17.2 Å². The predicted molar refractivity (Wildman–Crippen MR) is 85.1 cm³/mol. The minimum atomic E-state index is 0.399. The lowest BCUT2D eigenvalue weighted by atomic mass is 10.2. The van der Waals surface area contributed by atoms with Crippen LogP contribution in [0.4, 0.5) is 0 Å². The molecule has 0 spiro atoms. The minimum absolute atomic E-state index is 0.399. The molecular formula is C14H9ClN6OS. The smallest absolute Gasteiger partial charge is 0.253 e. The Hall–Kier alpha value is -2.45. The lowest BCUT2D eigenvalue weighted by Gasteiger charge is -1.96. The van der Waals surface area contributed by atoms with E-state index in [0.717, 1.165) is 0 Å². The maximum atomic E-state index is 6.12. The molecule has 0 amide bonds. The Morgan fingerprint density at radius 1 is 1.17 bits per heavy atom. The van der Waals surface area contributed by atoms with E-state index < -0.39 is 0 Å². The van der Waals surface area contributed by atoms with Crippen molar-refractivity contribution in [1.82, 2.24) is 29.8 Å². The van der Waals surface area contributed by atoms with Crippen LogP contribution in [0.15, 0.2) is 52.3 Å². The van der Waals surface area contributed by atoms with Gasteiger partial charge in [-0.3, -0.25) is 0 Å². The van der Waals surface area contributed by atoms with Crippen molar-refractivity contribution in [3.8, 4) is 11.5 Å². The fraction of sp³-hybridized carbons (Fsp3) is 0.0714. The highest BCUT2D eigenvalue weighted by molar-refractivity contribution is 7.98. The summed E-state index contributed by atoms with van der Waals surface area (Å²) in [5.74, 6) is 1.90. The van der Waals surface area contributed by atoms with E-state index in [1.54, 1.807) is 29.0 Å². The molecule has 0 bridgehead atoms. The van der Waals surface area contributed by atoms with Gasteiger partial charge in [0.25, 0.3) is 5.78 Å². The van der Waals surface area contributed by atoms with Crippen molar-refractivity contribution in [2.24, 2.45) is 0 Å². The highest BCUT2D eigenvalue weighted by Gasteiger charge is 2.13. The molecule has 114 valence electrons. The molecule has 0 N–H and O–H groups in total. The molecule has 4 rings (SSSR count). The summed E-state index contributed by atoms with van der Waals surface area (Å²) in [6.45, 7) is 0. The number of halogens is 1. The van der Waals surface area contributed by atoms with Gasteiger partial charge in [0.05, 0.1) is 16.3 Å². The third-order valence-electron chi connectivity index (χ3n) is 2.99. The van der Waals surface area contributed by atoms with Crippen LogP contribution in [-0.4, -0.2) is 29.8 Å². The van der Waals surface area contributed by atoms with Gasteiger partial charge in [-0.15, -0.1) is 15.3 Å². The molecule has 23 heavy (non-hydrogen) atoms. The van der Waals surface area contributed by atoms with Crippen LogP contribution >= 0.6 is 23.4 Å². The van der Waals surface area contributed by atoms with Gasteiger partial charge in [-0.05, 0) is 18.2 Å². The summed E-state index contributed by atoms with van der Waals surface area (Å²) < 4.78 is 7.26. The molecule has 0 fully saturated rings. The van der Waals surface area contributed by atoms with Gasteiger partial charge >= 0.3 is 0 Å². The van der Waals surface area contributed by atoms with Gasteiger partial charge in [-0.2, -0.15) is 4.98 Å². The van der Waals surface area contributed by atoms with Gasteiger partial charge in [0, 0.05) is 12.4 Å². The molecule has 1 aromatic carbocycles. The highest BCUT2D eigenvalue weighted by Crippen LogP contribution is 2.27. The molecule has 0 atom stereocenters. The van der Waals surface area contributed by atoms with Gasteiger partial charge in [0.15, 0.2) is 0 Å². The average molecular weight is 345 g/mol. The molecule has 0 saturated carbocycles. The third kappa shape index (κ3) is 2.90. The second-order valence-electron chi connectivity index (χ2n) is 4.53. The zero-order valence-corrected chi connectivity index (χ0v) is 13.2. The molecule has 3 aromatic heterocycles. The Kier molecular flexibility index (Phi) is 3.68. The monoisotopic (exact) mass is 344 g/mol. The van der Waals surface area contributed by atoms with Crippen LogP contribution in [0.3, 0.4) is 0 Å². The first-order chi connectivity index (χ1) is 11.3. The van der Waals surface area contributed by atoms with Crippen molar-refractivity contribution < 1.29 is 4.42 Å². The topological polar surface area (TPSA) is 82.0 Å². The summed E-state index contributed by atoms with van der Waals surface area (Å²) in [5, 5.41) is 13.5. The van der Waals surface area contributed by atoms with E-state index >= 15 is 0 Å². The van der Waals surface area contributed by atoms with Crippen molar-refractivity contribution in [1.29, 1.82) is 0 Å².